The van der Waals surface area contributed by atoms with Crippen molar-refractivity contribution in [2.45, 2.75) is 19.4 Å². The lowest BCUT2D eigenvalue weighted by Crippen LogP contribution is -2.23. The van der Waals surface area contributed by atoms with Crippen molar-refractivity contribution in [1.29, 1.82) is 0 Å². The maximum Gasteiger partial charge on any atom is 0.0663 e. The van der Waals surface area contributed by atoms with Gasteiger partial charge in [-0.05, 0) is 30.7 Å². The third kappa shape index (κ3) is 3.56. The van der Waals surface area contributed by atoms with Gasteiger partial charge in [-0.25, -0.2) is 0 Å². The van der Waals surface area contributed by atoms with Crippen molar-refractivity contribution in [1.82, 2.24) is 0 Å². The van der Waals surface area contributed by atoms with Crippen molar-refractivity contribution in [2.75, 3.05) is 19.0 Å². The molecule has 2 nitrogen and oxygen atoms in total. The molecule has 0 aromatic heterocycles. The van der Waals surface area contributed by atoms with Crippen LogP contribution in [0.1, 0.15) is 13.3 Å². The maximum absolute atomic E-state index is 5.79. The highest BCUT2D eigenvalue weighted by molar-refractivity contribution is 6.30. The summed E-state index contributed by atoms with van der Waals surface area (Å²) < 4.78 is 5.10. The molecule has 3 heteroatoms. The molecule has 0 radical (unpaired) electrons. The number of hydrogen-bond acceptors (Lipinski definition) is 2. The van der Waals surface area contributed by atoms with E-state index >= 15 is 0 Å². The lowest BCUT2D eigenvalue weighted by atomic mass is 10.2. The number of methoxy groups -OCH3 is 1. The van der Waals surface area contributed by atoms with Crippen molar-refractivity contribution < 1.29 is 4.74 Å². The van der Waals surface area contributed by atoms with E-state index in [9.17, 15) is 0 Å². The maximum atomic E-state index is 5.79. The lowest BCUT2D eigenvalue weighted by Gasteiger charge is -2.17. The van der Waals surface area contributed by atoms with Crippen molar-refractivity contribution in [3.63, 3.8) is 0 Å². The van der Waals surface area contributed by atoms with Gasteiger partial charge in [0.1, 0.15) is 0 Å². The van der Waals surface area contributed by atoms with E-state index in [1.165, 1.54) is 0 Å². The molecule has 0 aliphatic rings. The highest BCUT2D eigenvalue weighted by Gasteiger charge is 2.04. The van der Waals surface area contributed by atoms with Gasteiger partial charge < -0.3 is 10.1 Å². The zero-order valence-electron chi connectivity index (χ0n) is 8.59. The molecule has 0 aliphatic carbocycles. The van der Waals surface area contributed by atoms with Crippen LogP contribution < -0.4 is 5.32 Å². The first-order chi connectivity index (χ1) is 6.76. The van der Waals surface area contributed by atoms with Gasteiger partial charge in [0.25, 0.3) is 0 Å². The Hall–Kier alpha value is -0.730. The fourth-order valence-corrected chi connectivity index (χ4v) is 1.37. The van der Waals surface area contributed by atoms with Crippen LogP contribution in [0.5, 0.6) is 0 Å². The lowest BCUT2D eigenvalue weighted by molar-refractivity contribution is 0.184. The molecule has 0 aliphatic heterocycles. The third-order valence-electron chi connectivity index (χ3n) is 2.08. The van der Waals surface area contributed by atoms with Gasteiger partial charge in [-0.2, -0.15) is 0 Å². The summed E-state index contributed by atoms with van der Waals surface area (Å²) in [6.07, 6.45) is 1.04. The largest absolute Gasteiger partial charge is 0.383 e. The monoisotopic (exact) mass is 213 g/mol. The van der Waals surface area contributed by atoms with Gasteiger partial charge in [-0.3, -0.25) is 0 Å². The summed E-state index contributed by atoms with van der Waals surface area (Å²) in [5.74, 6) is 0. The molecule has 1 aromatic carbocycles. The summed E-state index contributed by atoms with van der Waals surface area (Å²) in [5, 5.41) is 4.13. The molecule has 0 amide bonds. The topological polar surface area (TPSA) is 21.3 Å². The summed E-state index contributed by atoms with van der Waals surface area (Å²) in [6, 6.07) is 8.06. The number of ether oxygens (including phenoxy) is 1. The molecule has 0 saturated heterocycles. The van der Waals surface area contributed by atoms with Crippen LogP contribution in [0.3, 0.4) is 0 Å². The fourth-order valence-electron chi connectivity index (χ4n) is 1.24. The number of halogens is 1. The second-order valence-electron chi connectivity index (χ2n) is 3.21. The number of benzene rings is 1. The minimum absolute atomic E-state index is 0.362. The van der Waals surface area contributed by atoms with Crippen LogP contribution in [0.25, 0.3) is 0 Å². The molecule has 1 rings (SSSR count). The van der Waals surface area contributed by atoms with Crippen LogP contribution in [0.4, 0.5) is 5.69 Å². The molecular weight excluding hydrogens is 198 g/mol. The van der Waals surface area contributed by atoms with Crippen LogP contribution in [0, 0.1) is 0 Å². The van der Waals surface area contributed by atoms with Crippen LogP contribution in [0.2, 0.25) is 5.02 Å². The summed E-state index contributed by atoms with van der Waals surface area (Å²) in [5.41, 5.74) is 1.08. The standard InChI is InChI=1S/C11H16ClNO/c1-3-10(8-14-2)13-11-6-4-9(12)5-7-11/h4-7,10,13H,3,8H2,1-2H3. The number of rotatable bonds is 5. The molecule has 78 valence electrons. The molecule has 0 spiro atoms. The molecule has 1 atom stereocenters. The van der Waals surface area contributed by atoms with Crippen molar-refractivity contribution in [3.05, 3.63) is 29.3 Å². The zero-order chi connectivity index (χ0) is 10.4. The van der Waals surface area contributed by atoms with Gasteiger partial charge in [-0.1, -0.05) is 18.5 Å². The number of hydrogen-bond donors (Lipinski definition) is 1. The van der Waals surface area contributed by atoms with Crippen molar-refractivity contribution in [2.24, 2.45) is 0 Å². The van der Waals surface area contributed by atoms with E-state index in [1.807, 2.05) is 24.3 Å². The average molecular weight is 214 g/mol. The minimum Gasteiger partial charge on any atom is -0.383 e. The molecule has 0 fully saturated rings. The predicted octanol–water partition coefficient (Wildman–Crippen LogP) is 3.18. The van der Waals surface area contributed by atoms with Crippen molar-refractivity contribution in [3.8, 4) is 0 Å². The van der Waals surface area contributed by atoms with Gasteiger partial charge in [0.2, 0.25) is 0 Å². The second kappa shape index (κ2) is 5.89. The number of anilines is 1. The van der Waals surface area contributed by atoms with E-state index in [4.69, 9.17) is 16.3 Å². The Balaban J connectivity index is 2.53. The summed E-state index contributed by atoms with van der Waals surface area (Å²) in [6.45, 7) is 2.85. The zero-order valence-corrected chi connectivity index (χ0v) is 9.34. The molecule has 0 heterocycles. The first-order valence-electron chi connectivity index (χ1n) is 4.77. The fraction of sp³-hybridized carbons (Fsp3) is 0.455. The normalized spacial score (nSPS) is 12.5. The van der Waals surface area contributed by atoms with Crippen molar-refractivity contribution >= 4 is 17.3 Å². The SMILES string of the molecule is CCC(COC)Nc1ccc(Cl)cc1. The Bertz CT molecular complexity index is 260. The van der Waals surface area contributed by atoms with E-state index in [1.54, 1.807) is 7.11 Å². The Labute approximate surface area is 90.2 Å². The molecule has 1 aromatic rings. The van der Waals surface area contributed by atoms with E-state index in [0.29, 0.717) is 6.04 Å². The first kappa shape index (κ1) is 11.3. The summed E-state index contributed by atoms with van der Waals surface area (Å²) in [4.78, 5) is 0. The van der Waals surface area contributed by atoms with Gasteiger partial charge in [-0.15, -0.1) is 0 Å². The third-order valence-corrected chi connectivity index (χ3v) is 2.33. The molecule has 0 bridgehead atoms. The van der Waals surface area contributed by atoms with Crippen LogP contribution >= 0.6 is 11.6 Å². The highest BCUT2D eigenvalue weighted by atomic mass is 35.5. The second-order valence-corrected chi connectivity index (χ2v) is 3.65. The van der Waals surface area contributed by atoms with E-state index in [0.717, 1.165) is 23.7 Å². The smallest absolute Gasteiger partial charge is 0.0663 e. The molecule has 1 unspecified atom stereocenters. The van der Waals surface area contributed by atoms with E-state index < -0.39 is 0 Å². The Morgan fingerprint density at radius 3 is 2.50 bits per heavy atom. The Kier molecular flexibility index (Phi) is 4.77. The number of nitrogens with one attached hydrogen (secondary N) is 1. The van der Waals surface area contributed by atoms with Gasteiger partial charge in [0.05, 0.1) is 6.61 Å². The van der Waals surface area contributed by atoms with Crippen LogP contribution in [0.15, 0.2) is 24.3 Å². The molecule has 1 N–H and O–H groups in total. The first-order valence-corrected chi connectivity index (χ1v) is 5.15. The van der Waals surface area contributed by atoms with Gasteiger partial charge in [0, 0.05) is 23.9 Å². The minimum atomic E-state index is 0.362. The summed E-state index contributed by atoms with van der Waals surface area (Å²) >= 11 is 5.79. The summed E-state index contributed by atoms with van der Waals surface area (Å²) in [7, 11) is 1.71. The van der Waals surface area contributed by atoms with E-state index in [2.05, 4.69) is 12.2 Å². The van der Waals surface area contributed by atoms with E-state index in [-0.39, 0.29) is 0 Å². The van der Waals surface area contributed by atoms with Crippen LogP contribution in [-0.2, 0) is 4.74 Å². The van der Waals surface area contributed by atoms with Gasteiger partial charge in [0.15, 0.2) is 0 Å². The molecule has 14 heavy (non-hydrogen) atoms. The molecule has 0 saturated carbocycles. The highest BCUT2D eigenvalue weighted by Crippen LogP contribution is 2.14. The predicted molar refractivity (Wildman–Crippen MR) is 61.0 cm³/mol. The quantitative estimate of drug-likeness (QED) is 0.811. The van der Waals surface area contributed by atoms with Gasteiger partial charge >= 0.3 is 0 Å². The Morgan fingerprint density at radius 2 is 2.00 bits per heavy atom. The average Bonchev–Trinajstić information content (AvgIpc) is 2.20. The van der Waals surface area contributed by atoms with Crippen LogP contribution in [-0.4, -0.2) is 19.8 Å². The Morgan fingerprint density at radius 1 is 1.36 bits per heavy atom. The molecular formula is C11H16ClNO.